The first kappa shape index (κ1) is 17.9. The topological polar surface area (TPSA) is 61.4 Å². The molecule has 0 atom stereocenters. The molecule has 5 nitrogen and oxygen atoms in total. The molecular weight excluding hydrogens is 358 g/mol. The molecule has 2 aliphatic heterocycles. The number of benzene rings is 2. The Hall–Kier alpha value is -2.47. The van der Waals surface area contributed by atoms with Crippen LogP contribution in [0.15, 0.2) is 53.4 Å². The highest BCUT2D eigenvalue weighted by Crippen LogP contribution is 2.32. The van der Waals surface area contributed by atoms with E-state index in [1.807, 2.05) is 60.4 Å². The molecule has 27 heavy (non-hydrogen) atoms. The number of anilines is 1. The number of nitrogens with zero attached hydrogens (tertiary/aromatic N) is 1. The molecule has 1 fully saturated rings. The number of thioether (sulfide) groups is 1. The first-order chi connectivity index (χ1) is 13.0. The van der Waals surface area contributed by atoms with E-state index in [4.69, 9.17) is 0 Å². The Kier molecular flexibility index (Phi) is 4.83. The third-order valence-electron chi connectivity index (χ3n) is 5.22. The molecule has 2 heterocycles. The lowest BCUT2D eigenvalue weighted by Crippen LogP contribution is -2.62. The summed E-state index contributed by atoms with van der Waals surface area (Å²) in [6.07, 6.45) is 1.40. The number of nitrogens with one attached hydrogen (secondary N) is 2. The van der Waals surface area contributed by atoms with Gasteiger partial charge in [-0.05, 0) is 31.2 Å². The summed E-state index contributed by atoms with van der Waals surface area (Å²) >= 11 is 1.57. The molecule has 140 valence electrons. The van der Waals surface area contributed by atoms with Crippen LogP contribution in [-0.2, 0) is 4.79 Å². The van der Waals surface area contributed by atoms with E-state index < -0.39 is 5.66 Å². The number of hydrogen-bond donors (Lipinski definition) is 2. The van der Waals surface area contributed by atoms with Gasteiger partial charge in [-0.3, -0.25) is 9.59 Å². The second-order valence-electron chi connectivity index (χ2n) is 7.19. The Morgan fingerprint density at radius 3 is 2.59 bits per heavy atom. The predicted molar refractivity (Wildman–Crippen MR) is 108 cm³/mol. The summed E-state index contributed by atoms with van der Waals surface area (Å²) in [6, 6.07) is 15.9. The van der Waals surface area contributed by atoms with Gasteiger partial charge in [0.15, 0.2) is 0 Å². The Balaban J connectivity index is 1.36. The van der Waals surface area contributed by atoms with Crippen molar-refractivity contribution >= 4 is 29.3 Å². The highest BCUT2D eigenvalue weighted by Gasteiger charge is 2.40. The van der Waals surface area contributed by atoms with Gasteiger partial charge in [-0.25, -0.2) is 0 Å². The van der Waals surface area contributed by atoms with Gasteiger partial charge in [-0.2, -0.15) is 0 Å². The molecule has 6 heteroatoms. The minimum atomic E-state index is -0.456. The minimum Gasteiger partial charge on any atom is -0.362 e. The van der Waals surface area contributed by atoms with Crippen LogP contribution in [0.2, 0.25) is 0 Å². The van der Waals surface area contributed by atoms with Gasteiger partial charge in [0, 0.05) is 36.5 Å². The quantitative estimate of drug-likeness (QED) is 0.801. The number of likely N-dealkylation sites (tertiary alicyclic amines) is 1. The summed E-state index contributed by atoms with van der Waals surface area (Å²) in [4.78, 5) is 28.1. The minimum absolute atomic E-state index is 0.0353. The van der Waals surface area contributed by atoms with Gasteiger partial charge in [0.1, 0.15) is 5.66 Å². The molecule has 0 radical (unpaired) electrons. The molecule has 2 aromatic rings. The predicted octanol–water partition coefficient (Wildman–Crippen LogP) is 3.26. The largest absolute Gasteiger partial charge is 0.362 e. The average Bonchev–Trinajstić information content (AvgIpc) is 2.68. The first-order valence-electron chi connectivity index (χ1n) is 9.22. The maximum absolute atomic E-state index is 12.6. The van der Waals surface area contributed by atoms with Gasteiger partial charge in [0.2, 0.25) is 5.91 Å². The van der Waals surface area contributed by atoms with Crippen molar-refractivity contribution in [2.75, 3.05) is 24.2 Å². The zero-order valence-electron chi connectivity index (χ0n) is 15.3. The molecule has 0 unspecified atom stereocenters. The molecule has 0 aromatic heterocycles. The number of amides is 2. The SMILES string of the molecule is Cc1ccc2c(c1)C(=O)NC1(CCN(C(=O)CSc3ccccc3)CC1)N2. The Labute approximate surface area is 163 Å². The number of aryl methyl sites for hydroxylation is 1. The van der Waals surface area contributed by atoms with Crippen LogP contribution in [-0.4, -0.2) is 41.2 Å². The number of carbonyl (C=O) groups is 2. The van der Waals surface area contributed by atoms with Gasteiger partial charge >= 0.3 is 0 Å². The smallest absolute Gasteiger partial charge is 0.255 e. The molecule has 2 aliphatic rings. The van der Waals surface area contributed by atoms with Gasteiger partial charge in [-0.15, -0.1) is 11.8 Å². The molecule has 2 N–H and O–H groups in total. The van der Waals surface area contributed by atoms with Crippen molar-refractivity contribution in [2.45, 2.75) is 30.3 Å². The summed E-state index contributed by atoms with van der Waals surface area (Å²) < 4.78 is 0. The highest BCUT2D eigenvalue weighted by atomic mass is 32.2. The summed E-state index contributed by atoms with van der Waals surface area (Å²) in [5.74, 6) is 0.558. The molecule has 0 saturated carbocycles. The van der Waals surface area contributed by atoms with E-state index >= 15 is 0 Å². The third-order valence-corrected chi connectivity index (χ3v) is 6.22. The van der Waals surface area contributed by atoms with Crippen LogP contribution in [0, 0.1) is 6.92 Å². The summed E-state index contributed by atoms with van der Waals surface area (Å²) in [6.45, 7) is 3.26. The number of carbonyl (C=O) groups excluding carboxylic acids is 2. The number of piperidine rings is 1. The second kappa shape index (κ2) is 7.27. The third kappa shape index (κ3) is 3.81. The normalized spacial score (nSPS) is 17.8. The Morgan fingerprint density at radius 2 is 1.85 bits per heavy atom. The van der Waals surface area contributed by atoms with Gasteiger partial charge in [-0.1, -0.05) is 29.8 Å². The van der Waals surface area contributed by atoms with Crippen LogP contribution in [0.5, 0.6) is 0 Å². The Morgan fingerprint density at radius 1 is 1.11 bits per heavy atom. The van der Waals surface area contributed by atoms with Crippen molar-refractivity contribution < 1.29 is 9.59 Å². The van der Waals surface area contributed by atoms with E-state index in [-0.39, 0.29) is 11.8 Å². The molecular formula is C21H23N3O2S. The van der Waals surface area contributed by atoms with Crippen molar-refractivity contribution in [3.05, 3.63) is 59.7 Å². The van der Waals surface area contributed by atoms with Crippen LogP contribution in [0.4, 0.5) is 5.69 Å². The highest BCUT2D eigenvalue weighted by molar-refractivity contribution is 8.00. The number of rotatable bonds is 3. The maximum Gasteiger partial charge on any atom is 0.255 e. The van der Waals surface area contributed by atoms with E-state index in [2.05, 4.69) is 10.6 Å². The summed E-state index contributed by atoms with van der Waals surface area (Å²) in [5, 5.41) is 6.65. The van der Waals surface area contributed by atoms with Crippen molar-refractivity contribution in [3.63, 3.8) is 0 Å². The van der Waals surface area contributed by atoms with Gasteiger partial charge < -0.3 is 15.5 Å². The van der Waals surface area contributed by atoms with Crippen molar-refractivity contribution in [1.82, 2.24) is 10.2 Å². The van der Waals surface area contributed by atoms with Gasteiger partial charge in [0.25, 0.3) is 5.91 Å². The summed E-state index contributed by atoms with van der Waals surface area (Å²) in [5.41, 5.74) is 2.18. The van der Waals surface area contributed by atoms with Crippen LogP contribution in [0.25, 0.3) is 0 Å². The average molecular weight is 382 g/mol. The Bertz CT molecular complexity index is 861. The zero-order chi connectivity index (χ0) is 18.9. The molecule has 4 rings (SSSR count). The molecule has 1 spiro atoms. The fourth-order valence-corrected chi connectivity index (χ4v) is 4.49. The van der Waals surface area contributed by atoms with E-state index in [1.54, 1.807) is 11.8 Å². The summed E-state index contributed by atoms with van der Waals surface area (Å²) in [7, 11) is 0. The van der Waals surface area contributed by atoms with Crippen LogP contribution >= 0.6 is 11.8 Å². The van der Waals surface area contributed by atoms with Gasteiger partial charge in [0.05, 0.1) is 11.3 Å². The lowest BCUT2D eigenvalue weighted by atomic mass is 9.92. The van der Waals surface area contributed by atoms with Crippen molar-refractivity contribution in [1.29, 1.82) is 0 Å². The number of hydrogen-bond acceptors (Lipinski definition) is 4. The number of fused-ring (bicyclic) bond motifs is 1. The second-order valence-corrected chi connectivity index (χ2v) is 8.24. The monoisotopic (exact) mass is 381 g/mol. The standard InChI is InChI=1S/C21H23N3O2S/c1-15-7-8-18-17(13-15)20(26)23-21(22-18)9-11-24(12-10-21)19(25)14-27-16-5-3-2-4-6-16/h2-8,13,22H,9-12,14H2,1H3,(H,23,26). The van der Waals surface area contributed by atoms with Crippen molar-refractivity contribution in [2.24, 2.45) is 0 Å². The first-order valence-corrected chi connectivity index (χ1v) is 10.2. The van der Waals surface area contributed by atoms with E-state index in [0.717, 1.165) is 16.1 Å². The fourth-order valence-electron chi connectivity index (χ4n) is 3.67. The molecule has 0 bridgehead atoms. The van der Waals surface area contributed by atoms with Crippen LogP contribution < -0.4 is 10.6 Å². The lowest BCUT2D eigenvalue weighted by Gasteiger charge is -2.46. The fraction of sp³-hybridized carbons (Fsp3) is 0.333. The molecule has 0 aliphatic carbocycles. The molecule has 1 saturated heterocycles. The molecule has 2 amide bonds. The van der Waals surface area contributed by atoms with Crippen LogP contribution in [0.3, 0.4) is 0 Å². The van der Waals surface area contributed by atoms with E-state index in [1.165, 1.54) is 0 Å². The molecule has 2 aromatic carbocycles. The lowest BCUT2D eigenvalue weighted by molar-refractivity contribution is -0.129. The zero-order valence-corrected chi connectivity index (χ0v) is 16.1. The van der Waals surface area contributed by atoms with E-state index in [0.29, 0.717) is 37.2 Å². The van der Waals surface area contributed by atoms with Crippen molar-refractivity contribution in [3.8, 4) is 0 Å². The maximum atomic E-state index is 12.6. The van der Waals surface area contributed by atoms with E-state index in [9.17, 15) is 9.59 Å². The van der Waals surface area contributed by atoms with Crippen LogP contribution in [0.1, 0.15) is 28.8 Å².